The van der Waals surface area contributed by atoms with Crippen molar-refractivity contribution >= 4 is 22.7 Å². The van der Waals surface area contributed by atoms with Crippen molar-refractivity contribution in [3.05, 3.63) is 59.3 Å². The zero-order valence-corrected chi connectivity index (χ0v) is 20.3. The van der Waals surface area contributed by atoms with E-state index in [1.165, 1.54) is 0 Å². The lowest BCUT2D eigenvalue weighted by atomic mass is 9.86. The molecule has 1 saturated heterocycles. The summed E-state index contributed by atoms with van der Waals surface area (Å²) in [6.07, 6.45) is 0.498. The molecule has 2 aromatic carbocycles. The number of methoxy groups -OCH3 is 1. The van der Waals surface area contributed by atoms with Gasteiger partial charge in [0.05, 0.1) is 19.3 Å². The summed E-state index contributed by atoms with van der Waals surface area (Å²) in [6, 6.07) is 12.9. The average Bonchev–Trinajstić information content (AvgIpc) is 3.18. The molecular weight excluding hydrogens is 430 g/mol. The summed E-state index contributed by atoms with van der Waals surface area (Å²) in [5, 5.41) is 1.09. The standard InChI is InChI=1S/C27H31N3O4/c1-15(2)29-14-24(31)30-21(27(29)32)13-19-18-8-6-7-9-20(18)28-25(19)26(30)17-10-11-22(34-16(3)4)23(12-17)33-5/h6-12,15-16,21,26,28H,13-14H2,1-5H3/t21-,26?/m0/s1. The molecule has 0 radical (unpaired) electrons. The van der Waals surface area contributed by atoms with Crippen LogP contribution in [0.1, 0.15) is 50.6 Å². The van der Waals surface area contributed by atoms with Crippen LogP contribution in [0.5, 0.6) is 11.5 Å². The molecule has 7 nitrogen and oxygen atoms in total. The van der Waals surface area contributed by atoms with E-state index in [0.717, 1.165) is 27.7 Å². The second-order valence-electron chi connectivity index (χ2n) is 9.62. The Hall–Kier alpha value is -3.48. The highest BCUT2D eigenvalue weighted by atomic mass is 16.5. The summed E-state index contributed by atoms with van der Waals surface area (Å²) < 4.78 is 11.6. The third-order valence-corrected chi connectivity index (χ3v) is 6.78. The monoisotopic (exact) mass is 461 g/mol. The number of aromatic nitrogens is 1. The Bertz CT molecular complexity index is 1260. The van der Waals surface area contributed by atoms with Gasteiger partial charge in [0.2, 0.25) is 11.8 Å². The van der Waals surface area contributed by atoms with Crippen LogP contribution in [0, 0.1) is 0 Å². The first-order valence-corrected chi connectivity index (χ1v) is 11.9. The van der Waals surface area contributed by atoms with Crippen molar-refractivity contribution in [2.75, 3.05) is 13.7 Å². The van der Waals surface area contributed by atoms with Crippen LogP contribution in [0.4, 0.5) is 0 Å². The molecule has 1 unspecified atom stereocenters. The topological polar surface area (TPSA) is 74.9 Å². The molecule has 0 aliphatic carbocycles. The molecule has 34 heavy (non-hydrogen) atoms. The van der Waals surface area contributed by atoms with Crippen molar-refractivity contribution in [1.82, 2.24) is 14.8 Å². The number of hydrogen-bond donors (Lipinski definition) is 1. The van der Waals surface area contributed by atoms with Crippen LogP contribution in [0.2, 0.25) is 0 Å². The normalized spacial score (nSPS) is 20.2. The number of carbonyl (C=O) groups excluding carboxylic acids is 2. The largest absolute Gasteiger partial charge is 0.493 e. The molecule has 2 aliphatic rings. The van der Waals surface area contributed by atoms with E-state index in [4.69, 9.17) is 9.47 Å². The van der Waals surface area contributed by atoms with Gasteiger partial charge in [0.25, 0.3) is 0 Å². The average molecular weight is 462 g/mol. The van der Waals surface area contributed by atoms with Crippen LogP contribution in [0.25, 0.3) is 10.9 Å². The molecule has 1 N–H and O–H groups in total. The lowest BCUT2D eigenvalue weighted by Gasteiger charge is -2.48. The number of ether oxygens (including phenoxy) is 2. The summed E-state index contributed by atoms with van der Waals surface area (Å²) in [7, 11) is 1.61. The summed E-state index contributed by atoms with van der Waals surface area (Å²) in [5.74, 6) is 1.21. The third-order valence-electron chi connectivity index (χ3n) is 6.78. The van der Waals surface area contributed by atoms with Crippen LogP contribution < -0.4 is 9.47 Å². The zero-order chi connectivity index (χ0) is 24.1. The number of aromatic amines is 1. The number of rotatable bonds is 5. The molecule has 1 aromatic heterocycles. The molecular formula is C27H31N3O4. The van der Waals surface area contributed by atoms with Crippen molar-refractivity contribution in [1.29, 1.82) is 0 Å². The SMILES string of the molecule is COc1cc(C2c3[nH]c4ccccc4c3C[C@H]3C(=O)N(C(C)C)CC(=O)N23)ccc1OC(C)C. The Labute approximate surface area is 199 Å². The fourth-order valence-corrected chi connectivity index (χ4v) is 5.28. The molecule has 0 saturated carbocycles. The predicted molar refractivity (Wildman–Crippen MR) is 130 cm³/mol. The van der Waals surface area contributed by atoms with E-state index in [2.05, 4.69) is 11.1 Å². The number of nitrogens with one attached hydrogen (secondary N) is 1. The number of H-pyrrole nitrogens is 1. The molecule has 3 heterocycles. The third kappa shape index (κ3) is 3.50. The van der Waals surface area contributed by atoms with Crippen LogP contribution in [0.3, 0.4) is 0 Å². The van der Waals surface area contributed by atoms with E-state index in [0.29, 0.717) is 17.9 Å². The number of nitrogens with zero attached hydrogens (tertiary/aromatic N) is 2. The molecule has 1 fully saturated rings. The summed E-state index contributed by atoms with van der Waals surface area (Å²) in [5.41, 5.74) is 3.93. The minimum Gasteiger partial charge on any atom is -0.493 e. The molecule has 2 atom stereocenters. The van der Waals surface area contributed by atoms with E-state index in [1.807, 2.05) is 64.1 Å². The van der Waals surface area contributed by atoms with Gasteiger partial charge in [0.15, 0.2) is 11.5 Å². The first-order valence-electron chi connectivity index (χ1n) is 11.9. The fourth-order valence-electron chi connectivity index (χ4n) is 5.28. The first kappa shape index (κ1) is 22.3. The van der Waals surface area contributed by atoms with E-state index in [9.17, 15) is 9.59 Å². The minimum atomic E-state index is -0.544. The Morgan fingerprint density at radius 2 is 1.79 bits per heavy atom. The zero-order valence-electron chi connectivity index (χ0n) is 20.3. The van der Waals surface area contributed by atoms with Crippen molar-refractivity contribution in [2.24, 2.45) is 0 Å². The predicted octanol–water partition coefficient (Wildman–Crippen LogP) is 4.06. The quantitative estimate of drug-likeness (QED) is 0.622. The highest BCUT2D eigenvalue weighted by molar-refractivity contribution is 5.97. The Morgan fingerprint density at radius 3 is 2.50 bits per heavy atom. The first-order chi connectivity index (χ1) is 16.3. The molecule has 7 heteroatoms. The van der Waals surface area contributed by atoms with Crippen molar-refractivity contribution in [3.63, 3.8) is 0 Å². The number of para-hydroxylation sites is 1. The van der Waals surface area contributed by atoms with Gasteiger partial charge < -0.3 is 24.3 Å². The lowest BCUT2D eigenvalue weighted by Crippen LogP contribution is -2.64. The maximum atomic E-state index is 13.6. The van der Waals surface area contributed by atoms with Crippen molar-refractivity contribution in [3.8, 4) is 11.5 Å². The van der Waals surface area contributed by atoms with Gasteiger partial charge in [0, 0.05) is 29.1 Å². The Kier molecular flexibility index (Phi) is 5.50. The van der Waals surface area contributed by atoms with E-state index in [-0.39, 0.29) is 30.5 Å². The van der Waals surface area contributed by atoms with E-state index < -0.39 is 12.1 Å². The van der Waals surface area contributed by atoms with Gasteiger partial charge >= 0.3 is 0 Å². The minimum absolute atomic E-state index is 0.00209. The number of piperazine rings is 1. The maximum Gasteiger partial charge on any atom is 0.246 e. The van der Waals surface area contributed by atoms with Gasteiger partial charge in [-0.2, -0.15) is 0 Å². The van der Waals surface area contributed by atoms with E-state index >= 15 is 0 Å². The van der Waals surface area contributed by atoms with Crippen LogP contribution >= 0.6 is 0 Å². The van der Waals surface area contributed by atoms with Gasteiger partial charge in [-0.05, 0) is 57.0 Å². The molecule has 0 spiro atoms. The number of hydrogen-bond acceptors (Lipinski definition) is 4. The second-order valence-corrected chi connectivity index (χ2v) is 9.62. The van der Waals surface area contributed by atoms with Crippen molar-refractivity contribution in [2.45, 2.75) is 58.3 Å². The molecule has 5 rings (SSSR count). The Balaban J connectivity index is 1.69. The molecule has 2 amide bonds. The maximum absolute atomic E-state index is 13.6. The molecule has 3 aromatic rings. The van der Waals surface area contributed by atoms with Gasteiger partial charge in [-0.15, -0.1) is 0 Å². The lowest BCUT2D eigenvalue weighted by molar-refractivity contribution is -0.160. The molecule has 2 aliphatic heterocycles. The van der Waals surface area contributed by atoms with Crippen LogP contribution in [-0.4, -0.2) is 58.4 Å². The van der Waals surface area contributed by atoms with Gasteiger partial charge in [-0.25, -0.2) is 0 Å². The number of benzene rings is 2. The smallest absolute Gasteiger partial charge is 0.246 e. The highest BCUT2D eigenvalue weighted by Gasteiger charge is 2.48. The number of carbonyl (C=O) groups is 2. The van der Waals surface area contributed by atoms with E-state index in [1.54, 1.807) is 16.9 Å². The molecule has 178 valence electrons. The number of amides is 2. The van der Waals surface area contributed by atoms with Crippen LogP contribution in [0.15, 0.2) is 42.5 Å². The number of fused-ring (bicyclic) bond motifs is 4. The van der Waals surface area contributed by atoms with Crippen LogP contribution in [-0.2, 0) is 16.0 Å². The summed E-state index contributed by atoms with van der Waals surface area (Å²) in [6.45, 7) is 7.93. The van der Waals surface area contributed by atoms with Gasteiger partial charge in [-0.1, -0.05) is 24.3 Å². The second kappa shape index (κ2) is 8.38. The van der Waals surface area contributed by atoms with Gasteiger partial charge in [-0.3, -0.25) is 9.59 Å². The highest BCUT2D eigenvalue weighted by Crippen LogP contribution is 2.44. The van der Waals surface area contributed by atoms with Crippen molar-refractivity contribution < 1.29 is 19.1 Å². The summed E-state index contributed by atoms with van der Waals surface area (Å²) >= 11 is 0. The fraction of sp³-hybridized carbons (Fsp3) is 0.407. The summed E-state index contributed by atoms with van der Waals surface area (Å²) in [4.78, 5) is 34.1. The van der Waals surface area contributed by atoms with Gasteiger partial charge in [0.1, 0.15) is 12.6 Å². The Morgan fingerprint density at radius 1 is 1.03 bits per heavy atom. The molecule has 0 bridgehead atoms.